The van der Waals surface area contributed by atoms with Crippen LogP contribution in [0.25, 0.3) is 0 Å². The highest BCUT2D eigenvalue weighted by Crippen LogP contribution is 2.20. The highest BCUT2D eigenvalue weighted by molar-refractivity contribution is 5.79. The van der Waals surface area contributed by atoms with Gasteiger partial charge >= 0.3 is 0 Å². The number of nitrogens with zero attached hydrogens (tertiary/aromatic N) is 3. The number of rotatable bonds is 5. The average Bonchev–Trinajstić information content (AvgIpc) is 2.93. The summed E-state index contributed by atoms with van der Waals surface area (Å²) < 4.78 is 5.10. The Morgan fingerprint density at radius 3 is 2.74 bits per heavy atom. The molecule has 0 aromatic carbocycles. The molecule has 2 aromatic heterocycles. The minimum Gasteiger partial charge on any atom is -0.361 e. The molecular formula is C19H27N5O3. The predicted molar refractivity (Wildman–Crippen MR) is 102 cm³/mol. The molecule has 0 aliphatic carbocycles. The maximum Gasteiger partial charge on any atom is 0.252 e. The lowest BCUT2D eigenvalue weighted by molar-refractivity contribution is -0.121. The molecule has 1 aliphatic rings. The summed E-state index contributed by atoms with van der Waals surface area (Å²) in [6.07, 6.45) is 2.35. The highest BCUT2D eigenvalue weighted by Gasteiger charge is 2.20. The van der Waals surface area contributed by atoms with Crippen LogP contribution in [0.2, 0.25) is 0 Å². The van der Waals surface area contributed by atoms with Gasteiger partial charge in [0.15, 0.2) is 0 Å². The Labute approximate surface area is 158 Å². The number of aromatic amines is 1. The van der Waals surface area contributed by atoms with E-state index in [1.54, 1.807) is 6.92 Å². The van der Waals surface area contributed by atoms with E-state index in [-0.39, 0.29) is 23.9 Å². The molecule has 3 rings (SSSR count). The first-order valence-electron chi connectivity index (χ1n) is 9.40. The third-order valence-corrected chi connectivity index (χ3v) is 5.17. The van der Waals surface area contributed by atoms with E-state index >= 15 is 0 Å². The van der Waals surface area contributed by atoms with E-state index in [1.807, 2.05) is 13.8 Å². The minimum absolute atomic E-state index is 0.160. The van der Waals surface area contributed by atoms with Crippen molar-refractivity contribution in [2.45, 2.75) is 53.0 Å². The number of piperidine rings is 1. The molecule has 146 valence electrons. The number of hydrogen-bond acceptors (Lipinski definition) is 6. The van der Waals surface area contributed by atoms with Crippen molar-refractivity contribution >= 4 is 11.9 Å². The molecule has 2 N–H and O–H groups in total. The molecule has 1 fully saturated rings. The monoisotopic (exact) mass is 373 g/mol. The molecule has 0 bridgehead atoms. The maximum absolute atomic E-state index is 12.4. The summed E-state index contributed by atoms with van der Waals surface area (Å²) in [5.41, 5.74) is 1.85. The summed E-state index contributed by atoms with van der Waals surface area (Å²) in [6, 6.07) is 1.07. The van der Waals surface area contributed by atoms with E-state index in [9.17, 15) is 9.59 Å². The van der Waals surface area contributed by atoms with Crippen LogP contribution in [0.3, 0.4) is 0 Å². The molecule has 1 unspecified atom stereocenters. The van der Waals surface area contributed by atoms with Gasteiger partial charge < -0.3 is 14.7 Å². The summed E-state index contributed by atoms with van der Waals surface area (Å²) in [5.74, 6) is 1.76. The van der Waals surface area contributed by atoms with E-state index < -0.39 is 0 Å². The molecular weight excluding hydrogens is 346 g/mol. The first-order valence-corrected chi connectivity index (χ1v) is 9.40. The molecule has 27 heavy (non-hydrogen) atoms. The number of aryl methyl sites for hydroxylation is 2. The number of aromatic nitrogens is 3. The molecule has 0 spiro atoms. The second kappa shape index (κ2) is 7.94. The van der Waals surface area contributed by atoms with Crippen LogP contribution < -0.4 is 15.8 Å². The average molecular weight is 373 g/mol. The lowest BCUT2D eigenvalue weighted by Gasteiger charge is -2.31. The quantitative estimate of drug-likeness (QED) is 0.831. The van der Waals surface area contributed by atoms with Gasteiger partial charge in [0.1, 0.15) is 5.76 Å². The Morgan fingerprint density at radius 2 is 2.11 bits per heavy atom. The van der Waals surface area contributed by atoms with Crippen LogP contribution in [0.1, 0.15) is 55.4 Å². The lowest BCUT2D eigenvalue weighted by Crippen LogP contribution is -2.36. The van der Waals surface area contributed by atoms with Crippen molar-refractivity contribution in [3.05, 3.63) is 39.1 Å². The van der Waals surface area contributed by atoms with Gasteiger partial charge in [0.05, 0.1) is 23.9 Å². The third kappa shape index (κ3) is 4.56. The van der Waals surface area contributed by atoms with Crippen LogP contribution in [0, 0.1) is 19.8 Å². The Bertz CT molecular complexity index is 845. The molecule has 1 saturated heterocycles. The van der Waals surface area contributed by atoms with Crippen LogP contribution in [-0.4, -0.2) is 34.1 Å². The number of hydrogen-bond donors (Lipinski definition) is 2. The molecule has 3 heterocycles. The summed E-state index contributed by atoms with van der Waals surface area (Å²) in [7, 11) is 0. The fourth-order valence-corrected chi connectivity index (χ4v) is 3.34. The molecule has 2 aromatic rings. The van der Waals surface area contributed by atoms with Gasteiger partial charge in [0.25, 0.3) is 5.56 Å². The Morgan fingerprint density at radius 1 is 1.41 bits per heavy atom. The zero-order valence-corrected chi connectivity index (χ0v) is 16.3. The Kier molecular flexibility index (Phi) is 5.62. The van der Waals surface area contributed by atoms with Crippen LogP contribution in [0.15, 0.2) is 15.4 Å². The van der Waals surface area contributed by atoms with E-state index in [0.717, 1.165) is 31.5 Å². The van der Waals surface area contributed by atoms with Crippen molar-refractivity contribution in [2.75, 3.05) is 18.0 Å². The summed E-state index contributed by atoms with van der Waals surface area (Å²) in [6.45, 7) is 9.42. The van der Waals surface area contributed by atoms with Gasteiger partial charge in [-0.3, -0.25) is 14.6 Å². The number of anilines is 1. The van der Waals surface area contributed by atoms with Crippen LogP contribution >= 0.6 is 0 Å². The first-order chi connectivity index (χ1) is 12.8. The molecule has 0 saturated carbocycles. The van der Waals surface area contributed by atoms with Gasteiger partial charge in [-0.15, -0.1) is 0 Å². The number of carbonyl (C=O) groups excluding carboxylic acids is 1. The summed E-state index contributed by atoms with van der Waals surface area (Å²) in [5, 5.41) is 6.78. The van der Waals surface area contributed by atoms with Crippen molar-refractivity contribution in [1.82, 2.24) is 20.4 Å². The second-order valence-corrected chi connectivity index (χ2v) is 7.43. The summed E-state index contributed by atoms with van der Waals surface area (Å²) in [4.78, 5) is 34.0. The van der Waals surface area contributed by atoms with Crippen molar-refractivity contribution in [3.8, 4) is 0 Å². The predicted octanol–water partition coefficient (Wildman–Crippen LogP) is 2.03. The van der Waals surface area contributed by atoms with Gasteiger partial charge in [-0.05, 0) is 39.5 Å². The van der Waals surface area contributed by atoms with Gasteiger partial charge in [-0.1, -0.05) is 12.1 Å². The number of nitrogens with one attached hydrogen (secondary N) is 2. The lowest BCUT2D eigenvalue weighted by atomic mass is 10.00. The van der Waals surface area contributed by atoms with Crippen molar-refractivity contribution < 1.29 is 9.32 Å². The molecule has 1 amide bonds. The third-order valence-electron chi connectivity index (χ3n) is 5.17. The second-order valence-electron chi connectivity index (χ2n) is 7.43. The van der Waals surface area contributed by atoms with Crippen molar-refractivity contribution in [2.24, 2.45) is 5.92 Å². The first kappa shape index (κ1) is 19.1. The minimum atomic E-state index is -0.372. The SMILES string of the molecule is Cc1noc(C)c1CC(=O)NC(C)c1cc(=O)[nH]c(N2CCC(C)CC2)n1. The topological polar surface area (TPSA) is 104 Å². The van der Waals surface area contributed by atoms with E-state index in [0.29, 0.717) is 29.0 Å². The normalized spacial score (nSPS) is 16.4. The Balaban J connectivity index is 1.70. The molecule has 8 nitrogen and oxygen atoms in total. The van der Waals surface area contributed by atoms with Crippen molar-refractivity contribution in [3.63, 3.8) is 0 Å². The number of amides is 1. The molecule has 8 heteroatoms. The smallest absolute Gasteiger partial charge is 0.252 e. The van der Waals surface area contributed by atoms with Crippen LogP contribution in [0.4, 0.5) is 5.95 Å². The van der Waals surface area contributed by atoms with Gasteiger partial charge in [-0.25, -0.2) is 4.98 Å². The molecule has 0 radical (unpaired) electrons. The fraction of sp³-hybridized carbons (Fsp3) is 0.579. The van der Waals surface area contributed by atoms with E-state index in [2.05, 4.69) is 32.3 Å². The Hall–Kier alpha value is -2.64. The molecule has 1 aliphatic heterocycles. The van der Waals surface area contributed by atoms with Crippen LogP contribution in [0.5, 0.6) is 0 Å². The maximum atomic E-state index is 12.4. The number of carbonyl (C=O) groups is 1. The van der Waals surface area contributed by atoms with E-state index in [4.69, 9.17) is 4.52 Å². The standard InChI is InChI=1S/C19H27N5O3/c1-11-5-7-24(8-6-11)19-21-16(10-18(26)22-19)13(3)20-17(25)9-15-12(2)23-27-14(15)4/h10-11,13H,5-9H2,1-4H3,(H,20,25)(H,21,22,26). The van der Waals surface area contributed by atoms with E-state index in [1.165, 1.54) is 6.07 Å². The van der Waals surface area contributed by atoms with Gasteiger partial charge in [0, 0.05) is 24.7 Å². The van der Waals surface area contributed by atoms with Crippen LogP contribution in [-0.2, 0) is 11.2 Å². The molecule has 1 atom stereocenters. The zero-order chi connectivity index (χ0) is 19.6. The van der Waals surface area contributed by atoms with Crippen molar-refractivity contribution in [1.29, 1.82) is 0 Å². The fourth-order valence-electron chi connectivity index (χ4n) is 3.34. The van der Waals surface area contributed by atoms with Gasteiger partial charge in [0.2, 0.25) is 11.9 Å². The number of H-pyrrole nitrogens is 1. The zero-order valence-electron chi connectivity index (χ0n) is 16.3. The van der Waals surface area contributed by atoms with Gasteiger partial charge in [-0.2, -0.15) is 0 Å². The summed E-state index contributed by atoms with van der Waals surface area (Å²) >= 11 is 0. The highest BCUT2D eigenvalue weighted by atomic mass is 16.5. The largest absolute Gasteiger partial charge is 0.361 e.